The summed E-state index contributed by atoms with van der Waals surface area (Å²) in [6, 6.07) is 32.0. The molecular formula is C25H20O2. The first kappa shape index (κ1) is 17.0. The van der Waals surface area contributed by atoms with Gasteiger partial charge in [0.1, 0.15) is 6.10 Å². The quantitative estimate of drug-likeness (QED) is 0.396. The molecule has 0 fully saturated rings. The van der Waals surface area contributed by atoms with Crippen LogP contribution in [0.5, 0.6) is 0 Å². The second-order valence-electron chi connectivity index (χ2n) is 6.60. The Labute approximate surface area is 159 Å². The highest BCUT2D eigenvalue weighted by molar-refractivity contribution is 5.95. The maximum atomic E-state index is 12.5. The topological polar surface area (TPSA) is 26.3 Å². The van der Waals surface area contributed by atoms with Gasteiger partial charge in [-0.05, 0) is 46.5 Å². The van der Waals surface area contributed by atoms with Gasteiger partial charge in [-0.3, -0.25) is 0 Å². The van der Waals surface area contributed by atoms with Crippen LogP contribution in [0.2, 0.25) is 0 Å². The lowest BCUT2D eigenvalue weighted by Gasteiger charge is -2.14. The molecule has 4 aromatic carbocycles. The van der Waals surface area contributed by atoms with Crippen molar-refractivity contribution < 1.29 is 9.53 Å². The fraction of sp³-hybridized carbons (Fsp3) is 0.0800. The summed E-state index contributed by atoms with van der Waals surface area (Å²) in [6.07, 6.45) is -0.311. The summed E-state index contributed by atoms with van der Waals surface area (Å²) < 4.78 is 5.68. The average Bonchev–Trinajstić information content (AvgIpc) is 2.74. The minimum atomic E-state index is -0.311. The Hall–Kier alpha value is -3.39. The summed E-state index contributed by atoms with van der Waals surface area (Å²) in [6.45, 7) is 1.90. The van der Waals surface area contributed by atoms with Crippen LogP contribution in [0.3, 0.4) is 0 Å². The number of ether oxygens (including phenoxy) is 1. The third-order valence-corrected chi connectivity index (χ3v) is 4.76. The lowest BCUT2D eigenvalue weighted by molar-refractivity contribution is 0.0338. The summed E-state index contributed by atoms with van der Waals surface area (Å²) >= 11 is 0. The maximum absolute atomic E-state index is 12.5. The molecule has 0 aromatic heterocycles. The van der Waals surface area contributed by atoms with Gasteiger partial charge in [0.2, 0.25) is 0 Å². The highest BCUT2D eigenvalue weighted by Crippen LogP contribution is 2.24. The van der Waals surface area contributed by atoms with E-state index in [2.05, 4.69) is 24.3 Å². The van der Waals surface area contributed by atoms with E-state index in [-0.39, 0.29) is 12.1 Å². The zero-order chi connectivity index (χ0) is 18.6. The van der Waals surface area contributed by atoms with E-state index in [1.54, 1.807) is 0 Å². The van der Waals surface area contributed by atoms with Crippen LogP contribution in [0.25, 0.3) is 21.9 Å². The maximum Gasteiger partial charge on any atom is 0.338 e. The molecule has 0 saturated heterocycles. The third-order valence-electron chi connectivity index (χ3n) is 4.76. The van der Waals surface area contributed by atoms with Gasteiger partial charge in [0.05, 0.1) is 5.56 Å². The molecule has 0 amide bonds. The predicted octanol–water partition coefficient (Wildman–Crippen LogP) is 6.42. The first-order valence-corrected chi connectivity index (χ1v) is 9.06. The van der Waals surface area contributed by atoms with E-state index in [9.17, 15) is 4.79 Å². The molecule has 1 unspecified atom stereocenters. The molecule has 132 valence electrons. The van der Waals surface area contributed by atoms with Crippen LogP contribution in [0.4, 0.5) is 0 Å². The van der Waals surface area contributed by atoms with Crippen molar-refractivity contribution in [2.75, 3.05) is 0 Å². The summed E-state index contributed by atoms with van der Waals surface area (Å²) in [5, 5.41) is 2.14. The molecule has 0 spiro atoms. The van der Waals surface area contributed by atoms with Crippen LogP contribution in [0, 0.1) is 0 Å². The van der Waals surface area contributed by atoms with Gasteiger partial charge in [-0.15, -0.1) is 0 Å². The number of esters is 1. The number of carbonyl (C=O) groups is 1. The molecule has 4 rings (SSSR count). The second-order valence-corrected chi connectivity index (χ2v) is 6.60. The summed E-state index contributed by atoms with van der Waals surface area (Å²) in [4.78, 5) is 12.5. The van der Waals surface area contributed by atoms with E-state index in [0.717, 1.165) is 21.9 Å². The predicted molar refractivity (Wildman–Crippen MR) is 110 cm³/mol. The number of hydrogen-bond acceptors (Lipinski definition) is 2. The third kappa shape index (κ3) is 3.75. The van der Waals surface area contributed by atoms with Gasteiger partial charge in [0.15, 0.2) is 0 Å². The van der Waals surface area contributed by atoms with Gasteiger partial charge in [-0.1, -0.05) is 84.9 Å². The number of hydrogen-bond donors (Lipinski definition) is 0. The number of carbonyl (C=O) groups excluding carboxylic acids is 1. The monoisotopic (exact) mass is 352 g/mol. The minimum Gasteiger partial charge on any atom is -0.454 e. The first-order chi connectivity index (χ1) is 13.2. The Balaban J connectivity index is 1.49. The number of fused-ring (bicyclic) bond motifs is 1. The van der Waals surface area contributed by atoms with Crippen molar-refractivity contribution in [3.05, 3.63) is 108 Å². The molecule has 4 aromatic rings. The van der Waals surface area contributed by atoms with Crippen LogP contribution in [0.15, 0.2) is 97.1 Å². The zero-order valence-electron chi connectivity index (χ0n) is 15.1. The van der Waals surface area contributed by atoms with Gasteiger partial charge in [0, 0.05) is 0 Å². The van der Waals surface area contributed by atoms with E-state index < -0.39 is 0 Å². The Morgan fingerprint density at radius 1 is 0.704 bits per heavy atom. The zero-order valence-corrected chi connectivity index (χ0v) is 15.1. The van der Waals surface area contributed by atoms with Gasteiger partial charge < -0.3 is 4.74 Å². The van der Waals surface area contributed by atoms with E-state index in [1.165, 1.54) is 5.56 Å². The van der Waals surface area contributed by atoms with Gasteiger partial charge >= 0.3 is 5.97 Å². The summed E-state index contributed by atoms with van der Waals surface area (Å²) in [5.74, 6) is -0.305. The van der Waals surface area contributed by atoms with Crippen molar-refractivity contribution in [2.24, 2.45) is 0 Å². The largest absolute Gasteiger partial charge is 0.454 e. The fourth-order valence-corrected chi connectivity index (χ4v) is 3.19. The van der Waals surface area contributed by atoms with Crippen LogP contribution < -0.4 is 0 Å². The number of rotatable bonds is 4. The SMILES string of the molecule is CC(OC(=O)c1ccc2ccccc2c1)c1ccc(-c2ccccc2)cc1. The van der Waals surface area contributed by atoms with Gasteiger partial charge in [-0.25, -0.2) is 4.79 Å². The molecule has 0 N–H and O–H groups in total. The van der Waals surface area contributed by atoms with Gasteiger partial charge in [0.25, 0.3) is 0 Å². The average molecular weight is 352 g/mol. The molecule has 0 aliphatic carbocycles. The minimum absolute atomic E-state index is 0.305. The molecule has 0 heterocycles. The number of benzene rings is 4. The van der Waals surface area contributed by atoms with E-state index in [4.69, 9.17) is 4.74 Å². The first-order valence-electron chi connectivity index (χ1n) is 9.06. The molecule has 27 heavy (non-hydrogen) atoms. The highest BCUT2D eigenvalue weighted by atomic mass is 16.5. The van der Waals surface area contributed by atoms with Crippen molar-refractivity contribution in [1.29, 1.82) is 0 Å². The van der Waals surface area contributed by atoms with Crippen LogP contribution in [0.1, 0.15) is 28.9 Å². The molecule has 0 aliphatic heterocycles. The van der Waals surface area contributed by atoms with Crippen molar-refractivity contribution >= 4 is 16.7 Å². The molecule has 2 nitrogen and oxygen atoms in total. The van der Waals surface area contributed by atoms with E-state index in [0.29, 0.717) is 5.56 Å². The highest BCUT2D eigenvalue weighted by Gasteiger charge is 2.14. The van der Waals surface area contributed by atoms with Crippen molar-refractivity contribution in [2.45, 2.75) is 13.0 Å². The summed E-state index contributed by atoms with van der Waals surface area (Å²) in [5.41, 5.74) is 3.86. The fourth-order valence-electron chi connectivity index (χ4n) is 3.19. The Morgan fingerprint density at radius 3 is 2.07 bits per heavy atom. The molecular weight excluding hydrogens is 332 g/mol. The standard InChI is InChI=1S/C25H20O2/c1-18(19-11-13-22(14-12-19)20-7-3-2-4-8-20)27-25(26)24-16-15-21-9-5-6-10-23(21)17-24/h2-18H,1H3. The molecule has 1 atom stereocenters. The Bertz CT molecular complexity index is 1070. The smallest absolute Gasteiger partial charge is 0.338 e. The normalized spacial score (nSPS) is 11.9. The van der Waals surface area contributed by atoms with Crippen molar-refractivity contribution in [3.63, 3.8) is 0 Å². The van der Waals surface area contributed by atoms with Crippen LogP contribution in [-0.4, -0.2) is 5.97 Å². The molecule has 0 bridgehead atoms. The van der Waals surface area contributed by atoms with E-state index >= 15 is 0 Å². The molecule has 2 heteroatoms. The van der Waals surface area contributed by atoms with Crippen LogP contribution >= 0.6 is 0 Å². The molecule has 0 aliphatic rings. The molecule has 0 radical (unpaired) electrons. The lowest BCUT2D eigenvalue weighted by atomic mass is 10.0. The van der Waals surface area contributed by atoms with Gasteiger partial charge in [-0.2, -0.15) is 0 Å². The van der Waals surface area contributed by atoms with Crippen molar-refractivity contribution in [3.8, 4) is 11.1 Å². The lowest BCUT2D eigenvalue weighted by Crippen LogP contribution is -2.09. The Morgan fingerprint density at radius 2 is 1.33 bits per heavy atom. The Kier molecular flexibility index (Phi) is 4.71. The van der Waals surface area contributed by atoms with Crippen LogP contribution in [-0.2, 0) is 4.74 Å². The van der Waals surface area contributed by atoms with Crippen molar-refractivity contribution in [1.82, 2.24) is 0 Å². The van der Waals surface area contributed by atoms with E-state index in [1.807, 2.05) is 79.7 Å². The molecule has 0 saturated carbocycles. The second kappa shape index (κ2) is 7.46. The summed E-state index contributed by atoms with van der Waals surface area (Å²) in [7, 11) is 0.